The van der Waals surface area contributed by atoms with Crippen molar-refractivity contribution in [3.8, 4) is 33.4 Å². The minimum absolute atomic E-state index is 0.128. The first kappa shape index (κ1) is 19.9. The van der Waals surface area contributed by atoms with Crippen LogP contribution in [0.4, 0.5) is 0 Å². The van der Waals surface area contributed by atoms with Gasteiger partial charge in [0.25, 0.3) is 0 Å². The molecule has 0 amide bonds. The molecule has 2 aromatic carbocycles. The summed E-state index contributed by atoms with van der Waals surface area (Å²) in [4.78, 5) is 12.0. The predicted molar refractivity (Wildman–Crippen MR) is 118 cm³/mol. The van der Waals surface area contributed by atoms with Crippen LogP contribution in [0.15, 0.2) is 89.8 Å². The largest absolute Gasteiger partial charge is 0.481 e. The summed E-state index contributed by atoms with van der Waals surface area (Å²) in [5.74, 6) is -0.915. The maximum atomic E-state index is 11.9. The Balaban J connectivity index is 2.08. The second kappa shape index (κ2) is 7.76. The van der Waals surface area contributed by atoms with Gasteiger partial charge >= 0.3 is 5.97 Å². The SMILES string of the molecule is CS(=O)(=O)c1ccc(-c2c(CC(=O)O)c3cccccc-3c2-c2ccccc2)cc1. The molecule has 2 aliphatic rings. The fourth-order valence-corrected chi connectivity index (χ4v) is 4.51. The Morgan fingerprint density at radius 2 is 1.27 bits per heavy atom. The fourth-order valence-electron chi connectivity index (χ4n) is 3.88. The quantitative estimate of drug-likeness (QED) is 0.488. The highest BCUT2D eigenvalue weighted by atomic mass is 32.2. The molecule has 2 aromatic rings. The average Bonchev–Trinajstić information content (AvgIpc) is 2.85. The maximum Gasteiger partial charge on any atom is 0.307 e. The van der Waals surface area contributed by atoms with Gasteiger partial charge in [0.2, 0.25) is 0 Å². The number of rotatable bonds is 5. The molecule has 2 aliphatic carbocycles. The van der Waals surface area contributed by atoms with Gasteiger partial charge in [-0.25, -0.2) is 8.42 Å². The molecule has 4 nitrogen and oxygen atoms in total. The van der Waals surface area contributed by atoms with Gasteiger partial charge in [-0.1, -0.05) is 72.8 Å². The topological polar surface area (TPSA) is 71.4 Å². The summed E-state index contributed by atoms with van der Waals surface area (Å²) in [6, 6.07) is 26.2. The number of carboxylic acids is 1. The van der Waals surface area contributed by atoms with Gasteiger partial charge in [0.1, 0.15) is 0 Å². The summed E-state index contributed by atoms with van der Waals surface area (Å²) in [7, 11) is -3.32. The van der Waals surface area contributed by atoms with Crippen molar-refractivity contribution in [1.29, 1.82) is 0 Å². The highest BCUT2D eigenvalue weighted by Crippen LogP contribution is 2.48. The zero-order chi connectivity index (χ0) is 21.3. The van der Waals surface area contributed by atoms with Crippen molar-refractivity contribution in [2.45, 2.75) is 11.3 Å². The first-order valence-corrected chi connectivity index (χ1v) is 11.4. The molecule has 0 aliphatic heterocycles. The van der Waals surface area contributed by atoms with Crippen molar-refractivity contribution in [3.05, 3.63) is 90.5 Å². The number of fused-ring (bicyclic) bond motifs is 1. The molecular formula is C25H20O4S. The lowest BCUT2D eigenvalue weighted by molar-refractivity contribution is -0.136. The van der Waals surface area contributed by atoms with E-state index in [2.05, 4.69) is 0 Å². The van der Waals surface area contributed by atoms with E-state index in [1.54, 1.807) is 24.3 Å². The van der Waals surface area contributed by atoms with E-state index in [4.69, 9.17) is 0 Å². The van der Waals surface area contributed by atoms with E-state index in [0.717, 1.165) is 38.9 Å². The lowest BCUT2D eigenvalue weighted by Crippen LogP contribution is -2.01. The van der Waals surface area contributed by atoms with Crippen LogP contribution >= 0.6 is 0 Å². The molecule has 0 saturated carbocycles. The molecule has 0 fully saturated rings. The Labute approximate surface area is 175 Å². The third-order valence-corrected chi connectivity index (χ3v) is 6.27. The second-order valence-corrected chi connectivity index (χ2v) is 9.22. The molecule has 150 valence electrons. The van der Waals surface area contributed by atoms with Crippen molar-refractivity contribution in [3.63, 3.8) is 0 Å². The molecule has 5 heteroatoms. The van der Waals surface area contributed by atoms with Crippen LogP contribution in [0.2, 0.25) is 0 Å². The highest BCUT2D eigenvalue weighted by Gasteiger charge is 2.26. The lowest BCUT2D eigenvalue weighted by atomic mass is 9.95. The minimum atomic E-state index is -3.32. The lowest BCUT2D eigenvalue weighted by Gasteiger charge is -2.10. The van der Waals surface area contributed by atoms with E-state index >= 15 is 0 Å². The van der Waals surface area contributed by atoms with Crippen LogP contribution in [0.5, 0.6) is 0 Å². The van der Waals surface area contributed by atoms with Crippen molar-refractivity contribution in [2.75, 3.05) is 6.26 Å². The van der Waals surface area contributed by atoms with Gasteiger partial charge in [0, 0.05) is 6.26 Å². The highest BCUT2D eigenvalue weighted by molar-refractivity contribution is 7.90. The van der Waals surface area contributed by atoms with E-state index in [-0.39, 0.29) is 11.3 Å². The van der Waals surface area contributed by atoms with Gasteiger partial charge in [-0.2, -0.15) is 0 Å². The first-order chi connectivity index (χ1) is 14.4. The molecule has 1 N–H and O–H groups in total. The van der Waals surface area contributed by atoms with Crippen molar-refractivity contribution in [1.82, 2.24) is 0 Å². The van der Waals surface area contributed by atoms with Crippen LogP contribution in [0, 0.1) is 0 Å². The van der Waals surface area contributed by atoms with Gasteiger partial charge in [-0.3, -0.25) is 4.79 Å². The summed E-state index contributed by atoms with van der Waals surface area (Å²) in [5, 5.41) is 9.61. The van der Waals surface area contributed by atoms with Gasteiger partial charge in [0.15, 0.2) is 9.84 Å². The number of carbonyl (C=O) groups is 1. The molecule has 0 bridgehead atoms. The molecule has 0 atom stereocenters. The molecular weight excluding hydrogens is 396 g/mol. The molecule has 4 rings (SSSR count). The molecule has 0 aromatic heterocycles. The number of hydrogen-bond acceptors (Lipinski definition) is 3. The maximum absolute atomic E-state index is 11.9. The van der Waals surface area contributed by atoms with Crippen LogP contribution in [-0.2, 0) is 21.1 Å². The summed E-state index contributed by atoms with van der Waals surface area (Å²) < 4.78 is 23.8. The second-order valence-electron chi connectivity index (χ2n) is 7.20. The van der Waals surface area contributed by atoms with E-state index in [9.17, 15) is 18.3 Å². The third kappa shape index (κ3) is 3.72. The van der Waals surface area contributed by atoms with Gasteiger partial charge in [0.05, 0.1) is 11.3 Å². The number of sulfone groups is 1. The van der Waals surface area contributed by atoms with E-state index in [1.807, 2.05) is 60.7 Å². The third-order valence-electron chi connectivity index (χ3n) is 5.15. The van der Waals surface area contributed by atoms with Crippen molar-refractivity contribution < 1.29 is 18.3 Å². The number of benzene rings is 2. The molecule has 0 spiro atoms. The summed E-state index contributed by atoms with van der Waals surface area (Å²) in [5.41, 5.74) is 6.10. The molecule has 0 heterocycles. The standard InChI is InChI=1S/C25H20O4S/c1-30(28,29)19-14-12-18(13-15-19)25-22(16-23(26)27)20-10-6-3-7-11-21(20)24(25)17-8-4-2-5-9-17/h2-15H,16H2,1H3,(H,26,27). The molecule has 30 heavy (non-hydrogen) atoms. The van der Waals surface area contributed by atoms with E-state index < -0.39 is 15.8 Å². The zero-order valence-electron chi connectivity index (χ0n) is 16.4. The van der Waals surface area contributed by atoms with Crippen LogP contribution in [-0.4, -0.2) is 25.7 Å². The van der Waals surface area contributed by atoms with Crippen molar-refractivity contribution >= 4 is 15.8 Å². The van der Waals surface area contributed by atoms with E-state index in [0.29, 0.717) is 0 Å². The Kier molecular flexibility index (Phi) is 5.14. The van der Waals surface area contributed by atoms with Gasteiger partial charge < -0.3 is 5.11 Å². The van der Waals surface area contributed by atoms with Crippen LogP contribution in [0.3, 0.4) is 0 Å². The Hall–Kier alpha value is -3.44. The first-order valence-electron chi connectivity index (χ1n) is 9.47. The van der Waals surface area contributed by atoms with Gasteiger partial charge in [-0.05, 0) is 51.1 Å². The summed E-state index contributed by atoms with van der Waals surface area (Å²) in [6.07, 6.45) is 1.04. The molecule has 0 radical (unpaired) electrons. The van der Waals surface area contributed by atoms with Crippen LogP contribution in [0.1, 0.15) is 5.56 Å². The van der Waals surface area contributed by atoms with E-state index in [1.165, 1.54) is 6.26 Å². The Morgan fingerprint density at radius 3 is 1.83 bits per heavy atom. The van der Waals surface area contributed by atoms with Crippen LogP contribution in [0.25, 0.3) is 33.4 Å². The molecule has 0 saturated heterocycles. The smallest absolute Gasteiger partial charge is 0.307 e. The zero-order valence-corrected chi connectivity index (χ0v) is 17.2. The molecule has 0 unspecified atom stereocenters. The minimum Gasteiger partial charge on any atom is -0.481 e. The monoisotopic (exact) mass is 416 g/mol. The number of carboxylic acid groups (broad SMARTS) is 1. The Morgan fingerprint density at radius 1 is 0.733 bits per heavy atom. The normalized spacial score (nSPS) is 11.5. The fraction of sp³-hybridized carbons (Fsp3) is 0.0800. The average molecular weight is 416 g/mol. The van der Waals surface area contributed by atoms with Crippen LogP contribution < -0.4 is 0 Å². The van der Waals surface area contributed by atoms with Gasteiger partial charge in [-0.15, -0.1) is 0 Å². The van der Waals surface area contributed by atoms with Crippen molar-refractivity contribution in [2.24, 2.45) is 0 Å². The summed E-state index contributed by atoms with van der Waals surface area (Å²) >= 11 is 0. The number of aliphatic carboxylic acids is 1. The summed E-state index contributed by atoms with van der Waals surface area (Å²) in [6.45, 7) is 0. The Bertz CT molecular complexity index is 1290. The predicted octanol–water partition coefficient (Wildman–Crippen LogP) is 5.16. The number of hydrogen-bond donors (Lipinski definition) is 1.